The van der Waals surface area contributed by atoms with E-state index in [0.29, 0.717) is 11.2 Å². The molecule has 1 aliphatic heterocycles. The van der Waals surface area contributed by atoms with Gasteiger partial charge in [0.15, 0.2) is 5.11 Å². The molecule has 0 bridgehead atoms. The Labute approximate surface area is 216 Å². The molecule has 1 aliphatic carbocycles. The molecule has 2 N–H and O–H groups in total. The number of benzene rings is 2. The number of thiocarbonyl (C=S) groups is 1. The third kappa shape index (κ3) is 4.31. The maximum Gasteiger partial charge on any atom is 0.174 e. The molecule has 182 valence electrons. The summed E-state index contributed by atoms with van der Waals surface area (Å²) in [5, 5.41) is 14.0. The third-order valence-corrected chi connectivity index (χ3v) is 7.34. The van der Waals surface area contributed by atoms with E-state index in [1.165, 1.54) is 12.8 Å². The highest BCUT2D eigenvalue weighted by atomic mass is 32.1. The summed E-state index contributed by atoms with van der Waals surface area (Å²) in [6, 6.07) is 25.3. The van der Waals surface area contributed by atoms with Crippen LogP contribution in [0, 0.1) is 0 Å². The smallest absolute Gasteiger partial charge is 0.174 e. The van der Waals surface area contributed by atoms with Crippen molar-refractivity contribution in [3.63, 3.8) is 0 Å². The number of nitrogens with zero attached hydrogens (tertiary/aromatic N) is 3. The molecular weight excluding hydrogens is 468 g/mol. The van der Waals surface area contributed by atoms with E-state index in [-0.39, 0.29) is 17.8 Å². The Morgan fingerprint density at radius 3 is 2.36 bits per heavy atom. The minimum Gasteiger partial charge on any atom is -0.508 e. The van der Waals surface area contributed by atoms with Gasteiger partial charge in [0.05, 0.1) is 17.8 Å². The van der Waals surface area contributed by atoms with E-state index < -0.39 is 0 Å². The van der Waals surface area contributed by atoms with Crippen molar-refractivity contribution in [2.45, 2.75) is 43.9 Å². The second kappa shape index (κ2) is 9.66. The molecule has 2 fully saturated rings. The number of ether oxygens (including phenoxy) is 1. The number of anilines is 1. The number of nitrogens with one attached hydrogen (secondary N) is 1. The van der Waals surface area contributed by atoms with Crippen LogP contribution in [0.1, 0.15) is 49.2 Å². The standard InChI is InChI=1S/C29H28N4O2S/c34-22-14-10-20(11-15-22)32-19-5-9-26(32)28-27(25-8-3-4-18-30-25)31-29(36)33(28)21-12-16-24(17-13-21)35-23-6-1-2-7-23/h3-5,8-19,23,27-28,34H,1-2,6-7H2,(H,31,36). The van der Waals surface area contributed by atoms with Crippen molar-refractivity contribution in [1.29, 1.82) is 0 Å². The van der Waals surface area contributed by atoms with Crippen LogP contribution in [-0.4, -0.2) is 25.9 Å². The van der Waals surface area contributed by atoms with Crippen LogP contribution in [0.25, 0.3) is 5.69 Å². The highest BCUT2D eigenvalue weighted by Gasteiger charge is 2.42. The molecule has 2 aliphatic rings. The van der Waals surface area contributed by atoms with Gasteiger partial charge in [-0.25, -0.2) is 0 Å². The topological polar surface area (TPSA) is 62.5 Å². The van der Waals surface area contributed by atoms with Crippen molar-refractivity contribution >= 4 is 23.0 Å². The molecule has 2 aromatic heterocycles. The Bertz CT molecular complexity index is 1330. The Kier molecular flexibility index (Phi) is 6.07. The molecule has 1 saturated carbocycles. The van der Waals surface area contributed by atoms with Gasteiger partial charge in [-0.1, -0.05) is 6.07 Å². The number of phenols is 1. The van der Waals surface area contributed by atoms with E-state index in [4.69, 9.17) is 17.0 Å². The predicted octanol–water partition coefficient (Wildman–Crippen LogP) is 6.08. The average molecular weight is 497 g/mol. The fourth-order valence-electron chi connectivity index (χ4n) is 5.30. The molecule has 1 saturated heterocycles. The first-order chi connectivity index (χ1) is 17.7. The summed E-state index contributed by atoms with van der Waals surface area (Å²) >= 11 is 5.89. The summed E-state index contributed by atoms with van der Waals surface area (Å²) in [6.45, 7) is 0. The number of pyridine rings is 1. The maximum absolute atomic E-state index is 9.80. The average Bonchev–Trinajstić information content (AvgIpc) is 3.66. The predicted molar refractivity (Wildman–Crippen MR) is 145 cm³/mol. The van der Waals surface area contributed by atoms with Crippen LogP contribution >= 0.6 is 12.2 Å². The Hall–Kier alpha value is -3.84. The van der Waals surface area contributed by atoms with Gasteiger partial charge in [0.1, 0.15) is 17.5 Å². The van der Waals surface area contributed by atoms with Gasteiger partial charge in [-0.2, -0.15) is 0 Å². The quantitative estimate of drug-likeness (QED) is 0.316. The highest BCUT2D eigenvalue weighted by Crippen LogP contribution is 2.42. The van der Waals surface area contributed by atoms with Crippen molar-refractivity contribution < 1.29 is 9.84 Å². The van der Waals surface area contributed by atoms with E-state index in [2.05, 4.69) is 38.0 Å². The lowest BCUT2D eigenvalue weighted by Gasteiger charge is -2.29. The van der Waals surface area contributed by atoms with Crippen LogP contribution < -0.4 is 15.0 Å². The van der Waals surface area contributed by atoms with E-state index in [1.807, 2.05) is 60.9 Å². The Morgan fingerprint density at radius 2 is 1.64 bits per heavy atom. The van der Waals surface area contributed by atoms with Crippen molar-refractivity contribution in [2.24, 2.45) is 0 Å². The Balaban J connectivity index is 1.39. The van der Waals surface area contributed by atoms with Gasteiger partial charge >= 0.3 is 0 Å². The molecule has 0 spiro atoms. The van der Waals surface area contributed by atoms with Crippen molar-refractivity contribution in [2.75, 3.05) is 4.90 Å². The first-order valence-electron chi connectivity index (χ1n) is 12.4. The minimum absolute atomic E-state index is 0.140. The summed E-state index contributed by atoms with van der Waals surface area (Å²) in [5.41, 5.74) is 3.95. The minimum atomic E-state index is -0.141. The molecule has 2 aromatic carbocycles. The van der Waals surface area contributed by atoms with Gasteiger partial charge < -0.3 is 24.6 Å². The van der Waals surface area contributed by atoms with E-state index in [9.17, 15) is 5.11 Å². The lowest BCUT2D eigenvalue weighted by molar-refractivity contribution is 0.210. The van der Waals surface area contributed by atoms with Gasteiger partial charge in [0.2, 0.25) is 0 Å². The van der Waals surface area contributed by atoms with E-state index in [0.717, 1.165) is 41.4 Å². The molecule has 36 heavy (non-hydrogen) atoms. The van der Waals surface area contributed by atoms with Gasteiger partial charge in [-0.3, -0.25) is 4.98 Å². The molecule has 6 nitrogen and oxygen atoms in total. The van der Waals surface area contributed by atoms with Crippen molar-refractivity contribution in [3.8, 4) is 17.2 Å². The zero-order valence-electron chi connectivity index (χ0n) is 19.8. The Morgan fingerprint density at radius 1 is 0.889 bits per heavy atom. The SMILES string of the molecule is Oc1ccc(-n2cccc2C2C(c3ccccn3)NC(=S)N2c2ccc(OC3CCCC3)cc2)cc1. The van der Waals surface area contributed by atoms with Crippen LogP contribution in [0.3, 0.4) is 0 Å². The molecule has 2 unspecified atom stereocenters. The fourth-order valence-corrected chi connectivity index (χ4v) is 5.65. The molecule has 3 heterocycles. The maximum atomic E-state index is 9.80. The molecule has 2 atom stereocenters. The molecule has 0 radical (unpaired) electrons. The normalized spacial score (nSPS) is 20.0. The number of hydrogen-bond acceptors (Lipinski definition) is 4. The van der Waals surface area contributed by atoms with Crippen LogP contribution in [-0.2, 0) is 0 Å². The number of aromatic nitrogens is 2. The molecule has 4 aromatic rings. The van der Waals surface area contributed by atoms with E-state index in [1.54, 1.807) is 12.1 Å². The van der Waals surface area contributed by atoms with Gasteiger partial charge in [-0.15, -0.1) is 0 Å². The number of phenolic OH excluding ortho intramolecular Hbond substituents is 1. The third-order valence-electron chi connectivity index (χ3n) is 7.03. The van der Waals surface area contributed by atoms with Gasteiger partial charge in [0, 0.05) is 29.5 Å². The highest BCUT2D eigenvalue weighted by molar-refractivity contribution is 7.80. The summed E-state index contributed by atoms with van der Waals surface area (Å²) in [5.74, 6) is 1.14. The number of aromatic hydroxyl groups is 1. The molecular formula is C29H28N4O2S. The van der Waals surface area contributed by atoms with Crippen LogP contribution in [0.15, 0.2) is 91.3 Å². The van der Waals surface area contributed by atoms with Crippen LogP contribution in [0.2, 0.25) is 0 Å². The summed E-state index contributed by atoms with van der Waals surface area (Å²) < 4.78 is 8.33. The van der Waals surface area contributed by atoms with Crippen molar-refractivity contribution in [1.82, 2.24) is 14.9 Å². The fraction of sp³-hybridized carbons (Fsp3) is 0.241. The molecule has 0 amide bonds. The lowest BCUT2D eigenvalue weighted by atomic mass is 10.0. The lowest BCUT2D eigenvalue weighted by Crippen LogP contribution is -2.30. The second-order valence-corrected chi connectivity index (χ2v) is 9.72. The number of hydrogen-bond donors (Lipinski definition) is 2. The van der Waals surface area contributed by atoms with Gasteiger partial charge in [-0.05, 0) is 111 Å². The first-order valence-corrected chi connectivity index (χ1v) is 12.8. The van der Waals surface area contributed by atoms with Crippen LogP contribution in [0.4, 0.5) is 5.69 Å². The summed E-state index contributed by atoms with van der Waals surface area (Å²) in [7, 11) is 0. The van der Waals surface area contributed by atoms with E-state index >= 15 is 0 Å². The zero-order chi connectivity index (χ0) is 24.5. The van der Waals surface area contributed by atoms with Crippen molar-refractivity contribution in [3.05, 3.63) is 103 Å². The molecule has 6 rings (SSSR count). The second-order valence-electron chi connectivity index (χ2n) is 9.33. The zero-order valence-corrected chi connectivity index (χ0v) is 20.6. The summed E-state index contributed by atoms with van der Waals surface area (Å²) in [6.07, 6.45) is 8.92. The largest absolute Gasteiger partial charge is 0.508 e. The monoisotopic (exact) mass is 496 g/mol. The first kappa shape index (κ1) is 22.6. The van der Waals surface area contributed by atoms with Gasteiger partial charge in [0.25, 0.3) is 0 Å². The number of rotatable bonds is 6. The summed E-state index contributed by atoms with van der Waals surface area (Å²) in [4.78, 5) is 6.82. The van der Waals surface area contributed by atoms with Crippen LogP contribution in [0.5, 0.6) is 11.5 Å². The molecule has 7 heteroatoms.